The summed E-state index contributed by atoms with van der Waals surface area (Å²) in [6.07, 6.45) is 1.26. The van der Waals surface area contributed by atoms with Gasteiger partial charge < -0.3 is 5.11 Å². The number of fused-ring (bicyclic) bond motifs is 1. The number of hydrogen-bond acceptors (Lipinski definition) is 4. The largest absolute Gasteiger partial charge is 0.492 e. The Hall–Kier alpha value is -1.97. The first-order chi connectivity index (χ1) is 6.66. The van der Waals surface area contributed by atoms with E-state index in [-0.39, 0.29) is 11.7 Å². The molecule has 14 heavy (non-hydrogen) atoms. The Morgan fingerprint density at radius 1 is 1.36 bits per heavy atom. The van der Waals surface area contributed by atoms with Crippen molar-refractivity contribution in [2.24, 2.45) is 0 Å². The molecule has 0 aliphatic carbocycles. The Morgan fingerprint density at radius 3 is 2.86 bits per heavy atom. The maximum absolute atomic E-state index is 11.1. The van der Waals surface area contributed by atoms with Crippen LogP contribution >= 0.6 is 0 Å². The van der Waals surface area contributed by atoms with Gasteiger partial charge in [0.1, 0.15) is 0 Å². The van der Waals surface area contributed by atoms with Crippen molar-refractivity contribution in [1.82, 2.24) is 9.97 Å². The number of nitrogens with zero attached hydrogens (tertiary/aromatic N) is 2. The van der Waals surface area contributed by atoms with E-state index in [1.807, 2.05) is 0 Å². The van der Waals surface area contributed by atoms with Crippen LogP contribution in [-0.4, -0.2) is 20.9 Å². The van der Waals surface area contributed by atoms with Gasteiger partial charge in [0.05, 0.1) is 17.2 Å². The Bertz CT molecular complexity index is 508. The first kappa shape index (κ1) is 8.62. The van der Waals surface area contributed by atoms with E-state index in [4.69, 9.17) is 5.11 Å². The third-order valence-electron chi connectivity index (χ3n) is 1.94. The van der Waals surface area contributed by atoms with Crippen LogP contribution in [0.2, 0.25) is 0 Å². The molecule has 4 nitrogen and oxygen atoms in total. The van der Waals surface area contributed by atoms with Gasteiger partial charge in [-0.2, -0.15) is 0 Å². The first-order valence-electron chi connectivity index (χ1n) is 4.13. The second-order valence-corrected chi connectivity index (χ2v) is 2.99. The molecule has 2 aromatic rings. The Labute approximate surface area is 80.2 Å². The molecule has 0 unspecified atom stereocenters. The van der Waals surface area contributed by atoms with Crippen molar-refractivity contribution in [2.75, 3.05) is 0 Å². The summed E-state index contributed by atoms with van der Waals surface area (Å²) in [5.74, 6) is -0.130. The summed E-state index contributed by atoms with van der Waals surface area (Å²) in [5, 5.41) is 9.07. The highest BCUT2D eigenvalue weighted by Gasteiger charge is 2.02. The van der Waals surface area contributed by atoms with E-state index in [2.05, 4.69) is 9.97 Å². The summed E-state index contributed by atoms with van der Waals surface area (Å²) >= 11 is 0. The third-order valence-corrected chi connectivity index (χ3v) is 1.94. The van der Waals surface area contributed by atoms with Crippen LogP contribution in [0.15, 0.2) is 24.4 Å². The molecular formula is C10H8N2O2. The summed E-state index contributed by atoms with van der Waals surface area (Å²) in [7, 11) is 0. The van der Waals surface area contributed by atoms with Gasteiger partial charge in [-0.05, 0) is 25.1 Å². The maximum Gasteiger partial charge on any atom is 0.230 e. The van der Waals surface area contributed by atoms with Gasteiger partial charge in [0, 0.05) is 5.56 Å². The molecule has 2 rings (SSSR count). The van der Waals surface area contributed by atoms with Crippen LogP contribution in [0, 0.1) is 0 Å². The van der Waals surface area contributed by atoms with Crippen LogP contribution in [0.4, 0.5) is 0 Å². The Kier molecular flexibility index (Phi) is 1.89. The van der Waals surface area contributed by atoms with Gasteiger partial charge in [0.15, 0.2) is 5.78 Å². The molecule has 0 spiro atoms. The molecule has 4 heteroatoms. The van der Waals surface area contributed by atoms with Crippen molar-refractivity contribution < 1.29 is 9.90 Å². The van der Waals surface area contributed by atoms with Crippen LogP contribution in [0.5, 0.6) is 5.88 Å². The van der Waals surface area contributed by atoms with Gasteiger partial charge >= 0.3 is 0 Å². The van der Waals surface area contributed by atoms with Gasteiger partial charge in [0.25, 0.3) is 0 Å². The number of carbonyl (C=O) groups is 1. The van der Waals surface area contributed by atoms with Gasteiger partial charge in [-0.1, -0.05) is 0 Å². The fourth-order valence-electron chi connectivity index (χ4n) is 1.22. The summed E-state index contributed by atoms with van der Waals surface area (Å²) in [6, 6.07) is 4.99. The zero-order valence-corrected chi connectivity index (χ0v) is 7.56. The van der Waals surface area contributed by atoms with Gasteiger partial charge in [-0.3, -0.25) is 4.79 Å². The van der Waals surface area contributed by atoms with Crippen LogP contribution < -0.4 is 0 Å². The molecule has 70 valence electrons. The summed E-state index contributed by atoms with van der Waals surface area (Å²) in [6.45, 7) is 1.50. The van der Waals surface area contributed by atoms with E-state index in [1.165, 1.54) is 13.1 Å². The Morgan fingerprint density at radius 2 is 2.14 bits per heavy atom. The number of rotatable bonds is 1. The highest BCUT2D eigenvalue weighted by molar-refractivity contribution is 5.97. The number of hydrogen-bond donors (Lipinski definition) is 1. The number of Topliss-reactive ketones (excluding diaryl/α,β-unsaturated/α-hetero) is 1. The minimum absolute atomic E-state index is 0.0122. The van der Waals surface area contributed by atoms with Crippen LogP contribution in [0.25, 0.3) is 11.0 Å². The monoisotopic (exact) mass is 188 g/mol. The molecule has 0 aliphatic heterocycles. The predicted octanol–water partition coefficient (Wildman–Crippen LogP) is 1.54. The highest BCUT2D eigenvalue weighted by atomic mass is 16.3. The molecule has 0 atom stereocenters. The molecule has 1 N–H and O–H groups in total. The molecule has 0 amide bonds. The topological polar surface area (TPSA) is 63.1 Å². The predicted molar refractivity (Wildman–Crippen MR) is 51.2 cm³/mol. The highest BCUT2D eigenvalue weighted by Crippen LogP contribution is 2.14. The molecule has 0 fully saturated rings. The summed E-state index contributed by atoms with van der Waals surface area (Å²) in [5.41, 5.74) is 1.78. The van der Waals surface area contributed by atoms with E-state index in [0.717, 1.165) is 0 Å². The van der Waals surface area contributed by atoms with E-state index in [0.29, 0.717) is 16.6 Å². The lowest BCUT2D eigenvalue weighted by Gasteiger charge is -1.99. The van der Waals surface area contributed by atoms with Crippen LogP contribution in [0.3, 0.4) is 0 Å². The molecule has 1 heterocycles. The number of benzene rings is 1. The number of ketones is 1. The fraction of sp³-hybridized carbons (Fsp3) is 0.100. The lowest BCUT2D eigenvalue weighted by molar-refractivity contribution is 0.101. The van der Waals surface area contributed by atoms with E-state index < -0.39 is 0 Å². The summed E-state index contributed by atoms with van der Waals surface area (Å²) in [4.78, 5) is 18.9. The summed E-state index contributed by atoms with van der Waals surface area (Å²) < 4.78 is 0. The lowest BCUT2D eigenvalue weighted by atomic mass is 10.1. The van der Waals surface area contributed by atoms with Gasteiger partial charge in [-0.25, -0.2) is 9.97 Å². The normalized spacial score (nSPS) is 10.4. The number of aromatic hydroxyl groups is 1. The van der Waals surface area contributed by atoms with Crippen molar-refractivity contribution in [1.29, 1.82) is 0 Å². The zero-order chi connectivity index (χ0) is 10.1. The standard InChI is InChI=1S/C10H8N2O2/c1-6(13)7-2-3-8-9(4-7)11-5-10(14)12-8/h2-5H,1H3,(H,12,14). The second-order valence-electron chi connectivity index (χ2n) is 2.99. The fourth-order valence-corrected chi connectivity index (χ4v) is 1.22. The van der Waals surface area contributed by atoms with Crippen LogP contribution in [-0.2, 0) is 0 Å². The SMILES string of the molecule is CC(=O)c1ccc2nc(O)cnc2c1. The smallest absolute Gasteiger partial charge is 0.230 e. The third kappa shape index (κ3) is 1.42. The van der Waals surface area contributed by atoms with E-state index in [9.17, 15) is 4.79 Å². The van der Waals surface area contributed by atoms with Crippen molar-refractivity contribution in [3.05, 3.63) is 30.0 Å². The maximum atomic E-state index is 11.1. The van der Waals surface area contributed by atoms with Crippen molar-refractivity contribution in [3.8, 4) is 5.88 Å². The quantitative estimate of drug-likeness (QED) is 0.689. The number of aromatic nitrogens is 2. The van der Waals surface area contributed by atoms with E-state index >= 15 is 0 Å². The molecule has 0 saturated carbocycles. The molecular weight excluding hydrogens is 180 g/mol. The van der Waals surface area contributed by atoms with E-state index in [1.54, 1.807) is 18.2 Å². The molecule has 1 aromatic carbocycles. The molecule has 0 bridgehead atoms. The number of carbonyl (C=O) groups excluding carboxylic acids is 1. The molecule has 1 aromatic heterocycles. The van der Waals surface area contributed by atoms with Crippen molar-refractivity contribution in [2.45, 2.75) is 6.92 Å². The minimum atomic E-state index is -0.118. The molecule has 0 saturated heterocycles. The lowest BCUT2D eigenvalue weighted by Crippen LogP contribution is -1.92. The minimum Gasteiger partial charge on any atom is -0.492 e. The van der Waals surface area contributed by atoms with Gasteiger partial charge in [-0.15, -0.1) is 0 Å². The Balaban J connectivity index is 2.67. The van der Waals surface area contributed by atoms with Crippen LogP contribution in [0.1, 0.15) is 17.3 Å². The van der Waals surface area contributed by atoms with Gasteiger partial charge in [0.2, 0.25) is 5.88 Å². The average molecular weight is 188 g/mol. The van der Waals surface area contributed by atoms with Crippen molar-refractivity contribution >= 4 is 16.8 Å². The second kappa shape index (κ2) is 3.06. The molecule has 0 radical (unpaired) electrons. The van der Waals surface area contributed by atoms with Crippen molar-refractivity contribution in [3.63, 3.8) is 0 Å². The first-order valence-corrected chi connectivity index (χ1v) is 4.13. The molecule has 0 aliphatic rings. The average Bonchev–Trinajstić information content (AvgIpc) is 2.16. The zero-order valence-electron chi connectivity index (χ0n) is 7.56.